The predicted molar refractivity (Wildman–Crippen MR) is 120 cm³/mol. The number of nitrogens with zero attached hydrogens (tertiary/aromatic N) is 4. The monoisotopic (exact) mass is 477 g/mol. The molecule has 2 aliphatic heterocycles. The van der Waals surface area contributed by atoms with Crippen LogP contribution in [0.25, 0.3) is 10.9 Å². The summed E-state index contributed by atoms with van der Waals surface area (Å²) in [5.74, 6) is 0.102. The van der Waals surface area contributed by atoms with E-state index in [0.717, 1.165) is 0 Å². The number of aromatic nitrogens is 2. The minimum Gasteiger partial charge on any atom is -0.494 e. The number of ether oxygens (including phenoxy) is 2. The molecule has 3 aromatic rings. The Morgan fingerprint density at radius 3 is 2.72 bits per heavy atom. The molecule has 0 saturated carbocycles. The number of hydrogen-bond acceptors (Lipinski definition) is 7. The molecule has 3 heterocycles. The van der Waals surface area contributed by atoms with Gasteiger partial charge in [0, 0.05) is 24.5 Å². The molecule has 2 aliphatic rings. The lowest BCUT2D eigenvalue weighted by molar-refractivity contribution is -0.0599. The summed E-state index contributed by atoms with van der Waals surface area (Å²) in [7, 11) is 3.49. The lowest BCUT2D eigenvalue weighted by Gasteiger charge is -2.43. The lowest BCUT2D eigenvalue weighted by atomic mass is 9.95. The van der Waals surface area contributed by atoms with Gasteiger partial charge in [-0.15, -0.1) is 0 Å². The third-order valence-electron chi connectivity index (χ3n) is 5.60. The van der Waals surface area contributed by atoms with Crippen LogP contribution < -0.4 is 15.0 Å². The van der Waals surface area contributed by atoms with Crippen LogP contribution in [0.4, 0.5) is 26.4 Å². The number of rotatable bonds is 4. The SMILES string of the molecule is COc1cc2ncnc(Nc3ccc(Cl)c(Cl)c3F)c2cc1N1CC2(CN(C)C2)OC1=O. The molecule has 1 N–H and O–H groups in total. The molecule has 5 rings (SSSR count). The van der Waals surface area contributed by atoms with Crippen LogP contribution in [0.15, 0.2) is 30.6 Å². The van der Waals surface area contributed by atoms with E-state index in [1.165, 1.54) is 25.6 Å². The average Bonchev–Trinajstić information content (AvgIpc) is 3.10. The minimum atomic E-state index is -0.696. The Bertz CT molecular complexity index is 1250. The molecule has 2 aromatic carbocycles. The number of benzene rings is 2. The summed E-state index contributed by atoms with van der Waals surface area (Å²) in [4.78, 5) is 24.9. The number of fused-ring (bicyclic) bond motifs is 1. The van der Waals surface area contributed by atoms with Crippen molar-refractivity contribution in [2.45, 2.75) is 5.60 Å². The second kappa shape index (κ2) is 7.61. The van der Waals surface area contributed by atoms with E-state index < -0.39 is 17.5 Å². The summed E-state index contributed by atoms with van der Waals surface area (Å²) < 4.78 is 25.8. The van der Waals surface area contributed by atoms with Crippen molar-refractivity contribution in [2.75, 3.05) is 44.0 Å². The summed E-state index contributed by atoms with van der Waals surface area (Å²) in [6.45, 7) is 1.73. The zero-order valence-electron chi connectivity index (χ0n) is 17.2. The van der Waals surface area contributed by atoms with E-state index in [1.807, 2.05) is 7.05 Å². The zero-order chi connectivity index (χ0) is 22.6. The topological polar surface area (TPSA) is 79.8 Å². The van der Waals surface area contributed by atoms with Gasteiger partial charge in [-0.2, -0.15) is 0 Å². The van der Waals surface area contributed by atoms with Gasteiger partial charge < -0.3 is 14.8 Å². The predicted octanol–water partition coefficient (Wildman–Crippen LogP) is 4.47. The molecule has 0 radical (unpaired) electrons. The molecule has 32 heavy (non-hydrogen) atoms. The molecule has 0 aliphatic carbocycles. The van der Waals surface area contributed by atoms with Gasteiger partial charge in [-0.1, -0.05) is 23.2 Å². The quantitative estimate of drug-likeness (QED) is 0.555. The fourth-order valence-electron chi connectivity index (χ4n) is 4.21. The summed E-state index contributed by atoms with van der Waals surface area (Å²) >= 11 is 11.8. The van der Waals surface area contributed by atoms with Gasteiger partial charge in [0.15, 0.2) is 11.4 Å². The Morgan fingerprint density at radius 1 is 1.22 bits per heavy atom. The van der Waals surface area contributed by atoms with Gasteiger partial charge in [0.1, 0.15) is 17.9 Å². The van der Waals surface area contributed by atoms with Crippen molar-refractivity contribution < 1.29 is 18.7 Å². The van der Waals surface area contributed by atoms with Crippen molar-refractivity contribution in [2.24, 2.45) is 0 Å². The Kier molecular flexibility index (Phi) is 4.99. The van der Waals surface area contributed by atoms with Crippen LogP contribution >= 0.6 is 23.2 Å². The van der Waals surface area contributed by atoms with Gasteiger partial charge in [-0.3, -0.25) is 9.80 Å². The maximum absolute atomic E-state index is 14.6. The first-order chi connectivity index (χ1) is 15.3. The van der Waals surface area contributed by atoms with E-state index in [2.05, 4.69) is 20.2 Å². The summed E-state index contributed by atoms with van der Waals surface area (Å²) in [6.07, 6.45) is 0.903. The molecular formula is C21H18Cl2FN5O3. The summed E-state index contributed by atoms with van der Waals surface area (Å²) in [5, 5.41) is 3.43. The Hall–Kier alpha value is -2.88. The third kappa shape index (κ3) is 3.37. The molecule has 8 nitrogen and oxygen atoms in total. The molecule has 0 bridgehead atoms. The lowest BCUT2D eigenvalue weighted by Crippen LogP contribution is -2.62. The number of anilines is 3. The molecule has 1 amide bonds. The third-order valence-corrected chi connectivity index (χ3v) is 6.38. The van der Waals surface area contributed by atoms with Gasteiger partial charge in [0.05, 0.1) is 40.6 Å². The number of likely N-dealkylation sites (N-methyl/N-ethyl adjacent to an activating group) is 1. The zero-order valence-corrected chi connectivity index (χ0v) is 18.7. The Labute approximate surface area is 192 Å². The van der Waals surface area contributed by atoms with Crippen LogP contribution in [-0.4, -0.2) is 60.4 Å². The number of halogens is 3. The number of carbonyl (C=O) groups is 1. The smallest absolute Gasteiger partial charge is 0.415 e. The molecule has 0 atom stereocenters. The highest BCUT2D eigenvalue weighted by Crippen LogP contribution is 2.41. The van der Waals surface area contributed by atoms with Crippen molar-refractivity contribution in [3.63, 3.8) is 0 Å². The number of methoxy groups -OCH3 is 1. The maximum atomic E-state index is 14.6. The highest BCUT2D eigenvalue weighted by atomic mass is 35.5. The van der Waals surface area contributed by atoms with Crippen LogP contribution in [0.5, 0.6) is 5.75 Å². The Morgan fingerprint density at radius 2 is 2.00 bits per heavy atom. The number of hydrogen-bond donors (Lipinski definition) is 1. The van der Waals surface area contributed by atoms with Gasteiger partial charge in [-0.05, 0) is 25.2 Å². The highest BCUT2D eigenvalue weighted by molar-refractivity contribution is 6.42. The number of carbonyl (C=O) groups excluding carboxylic acids is 1. The van der Waals surface area contributed by atoms with Gasteiger partial charge in [0.25, 0.3) is 0 Å². The first kappa shape index (κ1) is 21.0. The standard InChI is InChI=1S/C21H18Cl2FN5O3/c1-28-7-21(8-28)9-29(20(30)32-21)15-5-11-14(6-16(15)31-2)25-10-26-19(11)27-13-4-3-12(22)17(23)18(13)24/h3-6,10H,7-9H2,1-2H3,(H,25,26,27). The van der Waals surface area contributed by atoms with Crippen molar-refractivity contribution >= 4 is 57.4 Å². The summed E-state index contributed by atoms with van der Waals surface area (Å²) in [5.41, 5.74) is 0.649. The first-order valence-corrected chi connectivity index (χ1v) is 10.5. The molecule has 1 spiro atoms. The largest absolute Gasteiger partial charge is 0.494 e. The van der Waals surface area contributed by atoms with E-state index in [4.69, 9.17) is 32.7 Å². The van der Waals surface area contributed by atoms with Crippen LogP contribution in [0.2, 0.25) is 10.0 Å². The summed E-state index contributed by atoms with van der Waals surface area (Å²) in [6, 6.07) is 6.39. The molecular weight excluding hydrogens is 460 g/mol. The molecule has 11 heteroatoms. The van der Waals surface area contributed by atoms with Gasteiger partial charge in [-0.25, -0.2) is 19.2 Å². The fourth-order valence-corrected chi connectivity index (χ4v) is 4.52. The fraction of sp³-hybridized carbons (Fsp3) is 0.286. The Balaban J connectivity index is 1.57. The van der Waals surface area contributed by atoms with Gasteiger partial charge in [0.2, 0.25) is 0 Å². The molecule has 1 aromatic heterocycles. The van der Waals surface area contributed by atoms with Crippen molar-refractivity contribution in [1.29, 1.82) is 0 Å². The molecule has 2 fully saturated rings. The highest BCUT2D eigenvalue weighted by Gasteiger charge is 2.53. The number of nitrogens with one attached hydrogen (secondary N) is 1. The van der Waals surface area contributed by atoms with E-state index in [-0.39, 0.29) is 15.7 Å². The van der Waals surface area contributed by atoms with Crippen LogP contribution in [0, 0.1) is 5.82 Å². The first-order valence-electron chi connectivity index (χ1n) is 9.72. The van der Waals surface area contributed by atoms with Crippen molar-refractivity contribution in [3.05, 3.63) is 46.5 Å². The van der Waals surface area contributed by atoms with E-state index in [9.17, 15) is 9.18 Å². The van der Waals surface area contributed by atoms with Gasteiger partial charge >= 0.3 is 6.09 Å². The second-order valence-corrected chi connectivity index (χ2v) is 8.71. The van der Waals surface area contributed by atoms with Crippen LogP contribution in [0.1, 0.15) is 0 Å². The minimum absolute atomic E-state index is 0.105. The van der Waals surface area contributed by atoms with E-state index in [1.54, 1.807) is 17.0 Å². The van der Waals surface area contributed by atoms with Crippen molar-refractivity contribution in [3.8, 4) is 5.75 Å². The number of amides is 1. The second-order valence-electron chi connectivity index (χ2n) is 7.92. The molecule has 0 unspecified atom stereocenters. The molecule has 166 valence electrons. The van der Waals surface area contributed by atoms with Crippen LogP contribution in [-0.2, 0) is 4.74 Å². The average molecular weight is 478 g/mol. The van der Waals surface area contributed by atoms with Crippen LogP contribution in [0.3, 0.4) is 0 Å². The van der Waals surface area contributed by atoms with Crippen molar-refractivity contribution in [1.82, 2.24) is 14.9 Å². The van der Waals surface area contributed by atoms with E-state index >= 15 is 0 Å². The number of likely N-dealkylation sites (tertiary alicyclic amines) is 1. The van der Waals surface area contributed by atoms with E-state index in [0.29, 0.717) is 47.8 Å². The maximum Gasteiger partial charge on any atom is 0.415 e. The normalized spacial score (nSPS) is 17.5. The molecule has 2 saturated heterocycles.